The smallest absolute Gasteiger partial charge is 0.234 e. The molecule has 1 atom stereocenters. The maximum Gasteiger partial charge on any atom is 0.234 e. The molecule has 0 radical (unpaired) electrons. The average Bonchev–Trinajstić information content (AvgIpc) is 3.24. The Labute approximate surface area is 142 Å². The molecular formula is C17H16N4O2S. The second-order valence-electron chi connectivity index (χ2n) is 6.15. The van der Waals surface area contributed by atoms with Crippen LogP contribution >= 0.6 is 11.3 Å². The molecule has 1 N–H and O–H groups in total. The number of benzene rings is 1. The summed E-state index contributed by atoms with van der Waals surface area (Å²) in [6.45, 7) is 3.02. The molecule has 0 spiro atoms. The zero-order valence-electron chi connectivity index (χ0n) is 13.2. The summed E-state index contributed by atoms with van der Waals surface area (Å²) in [5.74, 6) is -0.0327. The SMILES string of the molecule is CC1(C(=O)Nc2ncc(-c3ccc4nnccc4c3)s2)CCOC1. The number of hydrogen-bond donors (Lipinski definition) is 1. The van der Waals surface area contributed by atoms with Crippen LogP contribution < -0.4 is 5.32 Å². The minimum Gasteiger partial charge on any atom is -0.380 e. The summed E-state index contributed by atoms with van der Waals surface area (Å²) >= 11 is 1.46. The summed E-state index contributed by atoms with van der Waals surface area (Å²) in [5, 5.41) is 12.5. The highest BCUT2D eigenvalue weighted by Gasteiger charge is 2.37. The van der Waals surface area contributed by atoms with Crippen molar-refractivity contribution in [2.45, 2.75) is 13.3 Å². The number of ether oxygens (including phenoxy) is 1. The lowest BCUT2D eigenvalue weighted by Gasteiger charge is -2.19. The second kappa shape index (κ2) is 5.92. The van der Waals surface area contributed by atoms with Crippen molar-refractivity contribution < 1.29 is 9.53 Å². The number of aromatic nitrogens is 3. The number of anilines is 1. The Hall–Kier alpha value is -2.38. The molecule has 2 aromatic heterocycles. The summed E-state index contributed by atoms with van der Waals surface area (Å²) in [6.07, 6.45) is 4.20. The second-order valence-corrected chi connectivity index (χ2v) is 7.18. The van der Waals surface area contributed by atoms with Crippen molar-refractivity contribution in [3.8, 4) is 10.4 Å². The number of rotatable bonds is 3. The van der Waals surface area contributed by atoms with Gasteiger partial charge < -0.3 is 10.1 Å². The van der Waals surface area contributed by atoms with Crippen LogP contribution in [0, 0.1) is 5.41 Å². The Morgan fingerprint density at radius 2 is 2.29 bits per heavy atom. The molecule has 122 valence electrons. The van der Waals surface area contributed by atoms with E-state index in [0.29, 0.717) is 18.3 Å². The number of amides is 1. The number of fused-ring (bicyclic) bond motifs is 1. The first kappa shape index (κ1) is 15.2. The molecule has 0 saturated carbocycles. The molecule has 7 heteroatoms. The summed E-state index contributed by atoms with van der Waals surface area (Å²) in [6, 6.07) is 7.90. The molecule has 1 amide bonds. The average molecular weight is 340 g/mol. The Morgan fingerprint density at radius 3 is 3.12 bits per heavy atom. The van der Waals surface area contributed by atoms with Gasteiger partial charge in [0.25, 0.3) is 0 Å². The van der Waals surface area contributed by atoms with Crippen LogP contribution in [0.15, 0.2) is 36.7 Å². The van der Waals surface area contributed by atoms with E-state index in [1.54, 1.807) is 12.4 Å². The third kappa shape index (κ3) is 2.76. The molecule has 1 aromatic carbocycles. The van der Waals surface area contributed by atoms with E-state index in [0.717, 1.165) is 27.8 Å². The minimum absolute atomic E-state index is 0.0327. The quantitative estimate of drug-likeness (QED) is 0.793. The molecule has 3 heterocycles. The molecule has 4 rings (SSSR count). The number of hydrogen-bond acceptors (Lipinski definition) is 6. The first-order valence-electron chi connectivity index (χ1n) is 7.71. The number of thiazole rings is 1. The highest BCUT2D eigenvalue weighted by molar-refractivity contribution is 7.19. The predicted molar refractivity (Wildman–Crippen MR) is 92.8 cm³/mol. The van der Waals surface area contributed by atoms with Crippen LogP contribution in [-0.2, 0) is 9.53 Å². The van der Waals surface area contributed by atoms with Gasteiger partial charge in [-0.15, -0.1) is 0 Å². The van der Waals surface area contributed by atoms with Crippen LogP contribution in [0.2, 0.25) is 0 Å². The van der Waals surface area contributed by atoms with Gasteiger partial charge in [-0.1, -0.05) is 17.4 Å². The maximum atomic E-state index is 12.4. The van der Waals surface area contributed by atoms with Crippen molar-refractivity contribution in [3.05, 3.63) is 36.7 Å². The summed E-state index contributed by atoms with van der Waals surface area (Å²) in [4.78, 5) is 17.7. The Bertz CT molecular complexity index is 902. The van der Waals surface area contributed by atoms with Crippen LogP contribution in [0.5, 0.6) is 0 Å². The maximum absolute atomic E-state index is 12.4. The van der Waals surface area contributed by atoms with E-state index in [-0.39, 0.29) is 5.91 Å². The fourth-order valence-electron chi connectivity index (χ4n) is 2.70. The number of carbonyl (C=O) groups is 1. The summed E-state index contributed by atoms with van der Waals surface area (Å²) < 4.78 is 5.35. The third-order valence-corrected chi connectivity index (χ3v) is 5.25. The van der Waals surface area contributed by atoms with E-state index in [4.69, 9.17) is 4.74 Å². The van der Waals surface area contributed by atoms with Gasteiger partial charge in [-0.3, -0.25) is 4.79 Å². The Morgan fingerprint density at radius 1 is 1.38 bits per heavy atom. The Kier molecular flexibility index (Phi) is 3.74. The summed E-state index contributed by atoms with van der Waals surface area (Å²) in [7, 11) is 0. The van der Waals surface area contributed by atoms with Crippen molar-refractivity contribution in [3.63, 3.8) is 0 Å². The van der Waals surface area contributed by atoms with Crippen molar-refractivity contribution in [2.24, 2.45) is 5.41 Å². The van der Waals surface area contributed by atoms with Gasteiger partial charge in [0.1, 0.15) is 0 Å². The van der Waals surface area contributed by atoms with Gasteiger partial charge in [-0.05, 0) is 37.1 Å². The van der Waals surface area contributed by atoms with Gasteiger partial charge in [0, 0.05) is 18.2 Å². The van der Waals surface area contributed by atoms with E-state index in [1.807, 2.05) is 25.1 Å². The highest BCUT2D eigenvalue weighted by Crippen LogP contribution is 2.33. The molecule has 24 heavy (non-hydrogen) atoms. The number of nitrogens with zero attached hydrogens (tertiary/aromatic N) is 3. The van der Waals surface area contributed by atoms with Crippen LogP contribution in [0.3, 0.4) is 0 Å². The molecule has 1 unspecified atom stereocenters. The summed E-state index contributed by atoms with van der Waals surface area (Å²) in [5.41, 5.74) is 1.44. The zero-order valence-corrected chi connectivity index (χ0v) is 14.0. The molecular weight excluding hydrogens is 324 g/mol. The first-order chi connectivity index (χ1) is 11.6. The van der Waals surface area contributed by atoms with Crippen molar-refractivity contribution in [2.75, 3.05) is 18.5 Å². The van der Waals surface area contributed by atoms with Crippen LogP contribution in [-0.4, -0.2) is 34.3 Å². The lowest BCUT2D eigenvalue weighted by molar-refractivity contribution is -0.124. The lowest BCUT2D eigenvalue weighted by Crippen LogP contribution is -2.33. The molecule has 0 bridgehead atoms. The third-order valence-electron chi connectivity index (χ3n) is 4.29. The fourth-order valence-corrected chi connectivity index (χ4v) is 3.51. The minimum atomic E-state index is -0.465. The van der Waals surface area contributed by atoms with E-state index in [9.17, 15) is 4.79 Å². The first-order valence-corrected chi connectivity index (χ1v) is 8.53. The van der Waals surface area contributed by atoms with Crippen LogP contribution in [0.25, 0.3) is 21.3 Å². The van der Waals surface area contributed by atoms with Gasteiger partial charge in [-0.2, -0.15) is 10.2 Å². The van der Waals surface area contributed by atoms with Crippen molar-refractivity contribution in [1.82, 2.24) is 15.2 Å². The normalized spacial score (nSPS) is 20.4. The van der Waals surface area contributed by atoms with Crippen molar-refractivity contribution >= 4 is 33.3 Å². The van der Waals surface area contributed by atoms with Crippen LogP contribution in [0.4, 0.5) is 5.13 Å². The lowest BCUT2D eigenvalue weighted by atomic mass is 9.89. The van der Waals surface area contributed by atoms with E-state index >= 15 is 0 Å². The van der Waals surface area contributed by atoms with Gasteiger partial charge in [0.05, 0.1) is 28.6 Å². The molecule has 1 aliphatic rings. The van der Waals surface area contributed by atoms with Gasteiger partial charge in [-0.25, -0.2) is 4.98 Å². The molecule has 6 nitrogen and oxygen atoms in total. The monoisotopic (exact) mass is 340 g/mol. The van der Waals surface area contributed by atoms with E-state index in [1.165, 1.54) is 11.3 Å². The topological polar surface area (TPSA) is 77.0 Å². The van der Waals surface area contributed by atoms with E-state index < -0.39 is 5.41 Å². The molecule has 1 aliphatic heterocycles. The number of carbonyl (C=O) groups excluding carboxylic acids is 1. The van der Waals surface area contributed by atoms with Gasteiger partial charge >= 0.3 is 0 Å². The van der Waals surface area contributed by atoms with E-state index in [2.05, 4.69) is 26.6 Å². The van der Waals surface area contributed by atoms with Crippen LogP contribution in [0.1, 0.15) is 13.3 Å². The van der Waals surface area contributed by atoms with Gasteiger partial charge in [0.15, 0.2) is 5.13 Å². The highest BCUT2D eigenvalue weighted by atomic mass is 32.1. The molecule has 1 saturated heterocycles. The zero-order chi connectivity index (χ0) is 16.6. The predicted octanol–water partition coefficient (Wildman–Crippen LogP) is 3.12. The fraction of sp³-hybridized carbons (Fsp3) is 0.294. The number of nitrogens with one attached hydrogen (secondary N) is 1. The Balaban J connectivity index is 1.56. The van der Waals surface area contributed by atoms with Crippen molar-refractivity contribution in [1.29, 1.82) is 0 Å². The molecule has 3 aromatic rings. The molecule has 1 fully saturated rings. The largest absolute Gasteiger partial charge is 0.380 e. The van der Waals surface area contributed by atoms with Gasteiger partial charge in [0.2, 0.25) is 5.91 Å². The molecule has 0 aliphatic carbocycles. The standard InChI is InChI=1S/C17H16N4O2S/c1-17(5-7-23-10-17)15(22)20-16-18-9-14(24-16)12-2-3-13-11(8-12)4-6-19-21-13/h2-4,6,8-9H,5,7,10H2,1H3,(H,18,20,22).